The van der Waals surface area contributed by atoms with Crippen molar-refractivity contribution >= 4 is 11.3 Å². The zero-order valence-corrected chi connectivity index (χ0v) is 9.73. The van der Waals surface area contributed by atoms with E-state index in [0.717, 1.165) is 6.54 Å². The number of aryl methyl sites for hydroxylation is 1. The molecule has 3 heteroatoms. The second kappa shape index (κ2) is 4.43. The van der Waals surface area contributed by atoms with Crippen LogP contribution >= 0.6 is 11.3 Å². The Balaban J connectivity index is 1.90. The first-order valence-corrected chi connectivity index (χ1v) is 6.10. The molecule has 2 heterocycles. The molecule has 1 aliphatic rings. The Bertz CT molecular complexity index is 295. The second-order valence-corrected chi connectivity index (χ2v) is 5.04. The molecule has 1 N–H and O–H groups in total. The maximum Gasteiger partial charge on any atom is 0.0331 e. The van der Waals surface area contributed by atoms with E-state index in [4.69, 9.17) is 0 Å². The highest BCUT2D eigenvalue weighted by atomic mass is 32.1. The number of likely N-dealkylation sites (N-methyl/N-ethyl adjacent to an activating group) is 1. The molecule has 1 aromatic rings. The SMILES string of the molecule is CNC1CCN(Cc2sccc2C)C1. The second-order valence-electron chi connectivity index (χ2n) is 4.04. The Morgan fingerprint density at radius 3 is 3.07 bits per heavy atom. The van der Waals surface area contributed by atoms with Crippen LogP contribution in [0.2, 0.25) is 0 Å². The van der Waals surface area contributed by atoms with Crippen LogP contribution in [-0.4, -0.2) is 31.1 Å². The maximum atomic E-state index is 3.35. The highest BCUT2D eigenvalue weighted by molar-refractivity contribution is 7.10. The summed E-state index contributed by atoms with van der Waals surface area (Å²) < 4.78 is 0. The Morgan fingerprint density at radius 1 is 1.64 bits per heavy atom. The Labute approximate surface area is 89.9 Å². The lowest BCUT2D eigenvalue weighted by molar-refractivity contribution is 0.325. The Morgan fingerprint density at radius 2 is 2.50 bits per heavy atom. The molecule has 2 rings (SSSR count). The van der Waals surface area contributed by atoms with Crippen LogP contribution < -0.4 is 5.32 Å². The number of likely N-dealkylation sites (tertiary alicyclic amines) is 1. The van der Waals surface area contributed by atoms with Crippen LogP contribution in [0.3, 0.4) is 0 Å². The van der Waals surface area contributed by atoms with Crippen LogP contribution in [0.25, 0.3) is 0 Å². The summed E-state index contributed by atoms with van der Waals surface area (Å²) in [7, 11) is 2.06. The molecule has 78 valence electrons. The van der Waals surface area contributed by atoms with Gasteiger partial charge in [-0.2, -0.15) is 0 Å². The number of rotatable bonds is 3. The van der Waals surface area contributed by atoms with Crippen LogP contribution in [0.4, 0.5) is 0 Å². The third-order valence-corrected chi connectivity index (χ3v) is 4.02. The van der Waals surface area contributed by atoms with Crippen molar-refractivity contribution in [2.75, 3.05) is 20.1 Å². The van der Waals surface area contributed by atoms with Crippen molar-refractivity contribution in [3.8, 4) is 0 Å². The Kier molecular flexibility index (Phi) is 3.21. The molecule has 0 spiro atoms. The highest BCUT2D eigenvalue weighted by Crippen LogP contribution is 2.20. The molecule has 0 aliphatic carbocycles. The molecule has 1 unspecified atom stereocenters. The van der Waals surface area contributed by atoms with Crippen molar-refractivity contribution in [1.29, 1.82) is 0 Å². The van der Waals surface area contributed by atoms with Gasteiger partial charge in [-0.25, -0.2) is 0 Å². The average Bonchev–Trinajstić information content (AvgIpc) is 2.77. The minimum Gasteiger partial charge on any atom is -0.316 e. The first kappa shape index (κ1) is 10.1. The van der Waals surface area contributed by atoms with E-state index in [1.807, 2.05) is 11.3 Å². The lowest BCUT2D eigenvalue weighted by atomic mass is 10.3. The summed E-state index contributed by atoms with van der Waals surface area (Å²) in [5, 5.41) is 5.54. The van der Waals surface area contributed by atoms with Gasteiger partial charge in [-0.3, -0.25) is 4.90 Å². The van der Waals surface area contributed by atoms with Gasteiger partial charge in [-0.15, -0.1) is 11.3 Å². The summed E-state index contributed by atoms with van der Waals surface area (Å²) in [6.07, 6.45) is 1.29. The predicted octanol–water partition coefficient (Wildman–Crippen LogP) is 1.85. The lowest BCUT2D eigenvalue weighted by Gasteiger charge is -2.15. The van der Waals surface area contributed by atoms with Gasteiger partial charge in [0.25, 0.3) is 0 Å². The van der Waals surface area contributed by atoms with Gasteiger partial charge >= 0.3 is 0 Å². The fourth-order valence-corrected chi connectivity index (χ4v) is 2.93. The van der Waals surface area contributed by atoms with Gasteiger partial charge in [-0.1, -0.05) is 0 Å². The molecule has 0 saturated carbocycles. The molecule has 1 fully saturated rings. The number of hydrogen-bond acceptors (Lipinski definition) is 3. The fraction of sp³-hybridized carbons (Fsp3) is 0.636. The van der Waals surface area contributed by atoms with E-state index in [9.17, 15) is 0 Å². The normalized spacial score (nSPS) is 23.1. The van der Waals surface area contributed by atoms with Crippen molar-refractivity contribution in [3.05, 3.63) is 21.9 Å². The quantitative estimate of drug-likeness (QED) is 0.819. The summed E-state index contributed by atoms with van der Waals surface area (Å²) in [6.45, 7) is 5.79. The summed E-state index contributed by atoms with van der Waals surface area (Å²) in [4.78, 5) is 4.07. The van der Waals surface area contributed by atoms with Gasteiger partial charge < -0.3 is 5.32 Å². The van der Waals surface area contributed by atoms with Gasteiger partial charge in [-0.05, 0) is 37.4 Å². The van der Waals surface area contributed by atoms with Crippen LogP contribution in [-0.2, 0) is 6.54 Å². The highest BCUT2D eigenvalue weighted by Gasteiger charge is 2.21. The van der Waals surface area contributed by atoms with Crippen LogP contribution in [0.5, 0.6) is 0 Å². The van der Waals surface area contributed by atoms with E-state index < -0.39 is 0 Å². The van der Waals surface area contributed by atoms with Gasteiger partial charge in [0.15, 0.2) is 0 Å². The molecule has 0 radical (unpaired) electrons. The molecular weight excluding hydrogens is 192 g/mol. The molecule has 1 atom stereocenters. The summed E-state index contributed by atoms with van der Waals surface area (Å²) >= 11 is 1.88. The van der Waals surface area contributed by atoms with E-state index in [1.54, 1.807) is 0 Å². The van der Waals surface area contributed by atoms with Crippen molar-refractivity contribution < 1.29 is 0 Å². The average molecular weight is 210 g/mol. The van der Waals surface area contributed by atoms with E-state index in [-0.39, 0.29) is 0 Å². The molecule has 1 aliphatic heterocycles. The smallest absolute Gasteiger partial charge is 0.0331 e. The van der Waals surface area contributed by atoms with Crippen molar-refractivity contribution in [3.63, 3.8) is 0 Å². The van der Waals surface area contributed by atoms with Crippen molar-refractivity contribution in [2.24, 2.45) is 0 Å². The third-order valence-electron chi connectivity index (χ3n) is 3.02. The number of hydrogen-bond donors (Lipinski definition) is 1. The molecule has 14 heavy (non-hydrogen) atoms. The number of nitrogens with one attached hydrogen (secondary N) is 1. The van der Waals surface area contributed by atoms with Crippen molar-refractivity contribution in [1.82, 2.24) is 10.2 Å². The molecular formula is C11H18N2S. The summed E-state index contributed by atoms with van der Waals surface area (Å²) in [5.74, 6) is 0. The minimum absolute atomic E-state index is 0.704. The molecule has 0 aromatic carbocycles. The zero-order valence-electron chi connectivity index (χ0n) is 8.92. The Hall–Kier alpha value is -0.380. The van der Waals surface area contributed by atoms with Crippen LogP contribution in [0, 0.1) is 6.92 Å². The lowest BCUT2D eigenvalue weighted by Crippen LogP contribution is -2.29. The zero-order chi connectivity index (χ0) is 9.97. The van der Waals surface area contributed by atoms with E-state index >= 15 is 0 Å². The van der Waals surface area contributed by atoms with Crippen molar-refractivity contribution in [2.45, 2.75) is 25.9 Å². The molecule has 1 aromatic heterocycles. The van der Waals surface area contributed by atoms with Gasteiger partial charge in [0.2, 0.25) is 0 Å². The van der Waals surface area contributed by atoms with Gasteiger partial charge in [0, 0.05) is 30.6 Å². The molecule has 0 amide bonds. The van der Waals surface area contributed by atoms with Gasteiger partial charge in [0.1, 0.15) is 0 Å². The van der Waals surface area contributed by atoms with Gasteiger partial charge in [0.05, 0.1) is 0 Å². The molecule has 0 bridgehead atoms. The number of nitrogens with zero attached hydrogens (tertiary/aromatic N) is 1. The molecule has 1 saturated heterocycles. The topological polar surface area (TPSA) is 15.3 Å². The van der Waals surface area contributed by atoms with E-state index in [1.165, 1.54) is 30.0 Å². The first-order chi connectivity index (χ1) is 6.79. The summed E-state index contributed by atoms with van der Waals surface area (Å²) in [5.41, 5.74) is 1.45. The van der Waals surface area contributed by atoms with Crippen LogP contribution in [0.15, 0.2) is 11.4 Å². The largest absolute Gasteiger partial charge is 0.316 e. The fourth-order valence-electron chi connectivity index (χ4n) is 1.98. The van der Waals surface area contributed by atoms with Crippen LogP contribution in [0.1, 0.15) is 16.9 Å². The third kappa shape index (κ3) is 2.16. The number of thiophene rings is 1. The van der Waals surface area contributed by atoms with E-state index in [0.29, 0.717) is 6.04 Å². The minimum atomic E-state index is 0.704. The predicted molar refractivity (Wildman–Crippen MR) is 61.8 cm³/mol. The first-order valence-electron chi connectivity index (χ1n) is 5.22. The van der Waals surface area contributed by atoms with E-state index in [2.05, 4.69) is 35.6 Å². The maximum absolute atomic E-state index is 3.35. The summed E-state index contributed by atoms with van der Waals surface area (Å²) in [6, 6.07) is 2.92. The monoisotopic (exact) mass is 210 g/mol. The standard InChI is InChI=1S/C11H18N2S/c1-9-4-6-14-11(9)8-13-5-3-10(7-13)12-2/h4,6,10,12H,3,5,7-8H2,1-2H3. The molecule has 2 nitrogen and oxygen atoms in total.